The number of rotatable bonds is 5. The van der Waals surface area contributed by atoms with Crippen LogP contribution in [-0.4, -0.2) is 29.2 Å². The van der Waals surface area contributed by atoms with Crippen LogP contribution in [0.1, 0.15) is 13.8 Å². The summed E-state index contributed by atoms with van der Waals surface area (Å²) in [7, 11) is 1.65. The highest BCUT2D eigenvalue weighted by molar-refractivity contribution is 5.99. The van der Waals surface area contributed by atoms with E-state index >= 15 is 0 Å². The normalized spacial score (nSPS) is 11.6. The van der Waals surface area contributed by atoms with Gasteiger partial charge in [-0.15, -0.1) is 0 Å². The van der Waals surface area contributed by atoms with Crippen molar-refractivity contribution in [3.8, 4) is 0 Å². The van der Waals surface area contributed by atoms with Crippen molar-refractivity contribution in [2.24, 2.45) is 0 Å². The average Bonchev–Trinajstić information content (AvgIpc) is 2.44. The molecule has 1 aromatic heterocycles. The smallest absolute Gasteiger partial charge is 0.277 e. The second-order valence-electron chi connectivity index (χ2n) is 5.13. The third-order valence-electron chi connectivity index (χ3n) is 3.25. The maximum Gasteiger partial charge on any atom is 0.277 e. The van der Waals surface area contributed by atoms with Gasteiger partial charge < -0.3 is 10.1 Å². The first-order chi connectivity index (χ1) is 9.44. The Bertz CT molecular complexity index is 641. The topological polar surface area (TPSA) is 77.3 Å². The Kier molecular flexibility index (Phi) is 3.85. The molecule has 2 rings (SSSR count). The van der Waals surface area contributed by atoms with Crippen molar-refractivity contribution in [3.63, 3.8) is 0 Å². The van der Waals surface area contributed by atoms with Crippen molar-refractivity contribution in [1.29, 1.82) is 0 Å². The van der Waals surface area contributed by atoms with E-state index in [9.17, 15) is 10.1 Å². The van der Waals surface area contributed by atoms with Crippen molar-refractivity contribution in [1.82, 2.24) is 4.98 Å². The summed E-state index contributed by atoms with van der Waals surface area (Å²) < 4.78 is 5.35. The molecular weight excluding hydrogens is 258 g/mol. The lowest BCUT2D eigenvalue weighted by molar-refractivity contribution is -0.383. The predicted octanol–water partition coefficient (Wildman–Crippen LogP) is 2.98. The Morgan fingerprint density at radius 3 is 2.75 bits per heavy atom. The number of hydrogen-bond donors (Lipinski definition) is 1. The highest BCUT2D eigenvalue weighted by Gasteiger charge is 2.18. The van der Waals surface area contributed by atoms with E-state index in [1.165, 1.54) is 6.07 Å². The fourth-order valence-corrected chi connectivity index (χ4v) is 1.87. The highest BCUT2D eigenvalue weighted by atomic mass is 16.6. The molecule has 1 N–H and O–H groups in total. The molecule has 0 amide bonds. The van der Waals surface area contributed by atoms with E-state index in [1.807, 2.05) is 13.8 Å². The van der Waals surface area contributed by atoms with E-state index in [1.54, 1.807) is 31.6 Å². The van der Waals surface area contributed by atoms with Crippen LogP contribution in [0.25, 0.3) is 10.8 Å². The van der Waals surface area contributed by atoms with Crippen LogP contribution in [-0.2, 0) is 4.74 Å². The lowest BCUT2D eigenvalue weighted by Crippen LogP contribution is -2.32. The zero-order valence-electron chi connectivity index (χ0n) is 11.7. The minimum atomic E-state index is -0.384. The summed E-state index contributed by atoms with van der Waals surface area (Å²) in [5, 5.41) is 15.6. The van der Waals surface area contributed by atoms with E-state index in [0.717, 1.165) is 11.1 Å². The number of nitrogens with zero attached hydrogens (tertiary/aromatic N) is 2. The van der Waals surface area contributed by atoms with Crippen LogP contribution in [0.2, 0.25) is 0 Å². The molecule has 20 heavy (non-hydrogen) atoms. The second kappa shape index (κ2) is 5.42. The fourth-order valence-electron chi connectivity index (χ4n) is 1.87. The molecule has 0 bridgehead atoms. The van der Waals surface area contributed by atoms with Crippen LogP contribution in [0.4, 0.5) is 11.4 Å². The zero-order valence-corrected chi connectivity index (χ0v) is 11.7. The second-order valence-corrected chi connectivity index (χ2v) is 5.13. The number of non-ortho nitro benzene ring substituents is 1. The van der Waals surface area contributed by atoms with Crippen molar-refractivity contribution in [3.05, 3.63) is 40.7 Å². The van der Waals surface area contributed by atoms with Gasteiger partial charge in [-0.3, -0.25) is 15.1 Å². The first-order valence-corrected chi connectivity index (χ1v) is 6.25. The number of aromatic nitrogens is 1. The van der Waals surface area contributed by atoms with Crippen molar-refractivity contribution in [2.75, 3.05) is 19.0 Å². The number of pyridine rings is 1. The van der Waals surface area contributed by atoms with Crippen LogP contribution in [0.5, 0.6) is 0 Å². The molecule has 0 fully saturated rings. The maximum absolute atomic E-state index is 11.0. The molecule has 0 spiro atoms. The van der Waals surface area contributed by atoms with Crippen LogP contribution in [0, 0.1) is 10.1 Å². The van der Waals surface area contributed by atoms with Gasteiger partial charge in [0.05, 0.1) is 15.9 Å². The Labute approximate surface area is 116 Å². The van der Waals surface area contributed by atoms with Gasteiger partial charge in [0.25, 0.3) is 5.69 Å². The number of nitrogens with one attached hydrogen (secondary N) is 1. The average molecular weight is 275 g/mol. The summed E-state index contributed by atoms with van der Waals surface area (Å²) in [5.74, 6) is 0. The summed E-state index contributed by atoms with van der Waals surface area (Å²) >= 11 is 0. The number of hydrogen-bond acceptors (Lipinski definition) is 5. The summed E-state index contributed by atoms with van der Waals surface area (Å²) in [6.07, 6.45) is 3.18. The number of ether oxygens (including phenoxy) is 1. The first-order valence-electron chi connectivity index (χ1n) is 6.25. The molecule has 0 saturated heterocycles. The molecule has 1 aromatic carbocycles. The molecule has 0 aliphatic heterocycles. The number of anilines is 1. The van der Waals surface area contributed by atoms with Crippen molar-refractivity contribution >= 4 is 22.1 Å². The number of benzene rings is 1. The molecule has 0 atom stereocenters. The number of nitro groups is 1. The SMILES string of the molecule is COC(C)(C)CNc1ccc([N+](=O)[O-])c2ccncc12. The Morgan fingerprint density at radius 1 is 1.35 bits per heavy atom. The van der Waals surface area contributed by atoms with Gasteiger partial charge in [-0.25, -0.2) is 0 Å². The monoisotopic (exact) mass is 275 g/mol. The number of nitro benzene ring substituents is 1. The minimum Gasteiger partial charge on any atom is -0.382 e. The Hall–Kier alpha value is -2.21. The summed E-state index contributed by atoms with van der Waals surface area (Å²) in [5.41, 5.74) is 0.568. The van der Waals surface area contributed by atoms with Gasteiger partial charge in [-0.2, -0.15) is 0 Å². The molecule has 6 nitrogen and oxygen atoms in total. The summed E-state index contributed by atoms with van der Waals surface area (Å²) in [4.78, 5) is 14.7. The largest absolute Gasteiger partial charge is 0.382 e. The van der Waals surface area contributed by atoms with Gasteiger partial charge in [0, 0.05) is 43.2 Å². The van der Waals surface area contributed by atoms with E-state index in [4.69, 9.17) is 4.74 Å². The summed E-state index contributed by atoms with van der Waals surface area (Å²) in [6.45, 7) is 4.52. The van der Waals surface area contributed by atoms with Gasteiger partial charge in [-0.05, 0) is 26.0 Å². The Balaban J connectivity index is 2.41. The van der Waals surface area contributed by atoms with Gasteiger partial charge in [-0.1, -0.05) is 0 Å². The molecule has 0 aliphatic carbocycles. The molecule has 6 heteroatoms. The van der Waals surface area contributed by atoms with Gasteiger partial charge in [0.2, 0.25) is 0 Å². The van der Waals surface area contributed by atoms with Crippen molar-refractivity contribution in [2.45, 2.75) is 19.4 Å². The van der Waals surface area contributed by atoms with Gasteiger partial charge >= 0.3 is 0 Å². The lowest BCUT2D eigenvalue weighted by Gasteiger charge is -2.24. The third kappa shape index (κ3) is 2.85. The van der Waals surface area contributed by atoms with E-state index in [0.29, 0.717) is 11.9 Å². The molecule has 1 heterocycles. The molecule has 2 aromatic rings. The van der Waals surface area contributed by atoms with Crippen molar-refractivity contribution < 1.29 is 9.66 Å². The highest BCUT2D eigenvalue weighted by Crippen LogP contribution is 2.30. The molecule has 106 valence electrons. The van der Waals surface area contributed by atoms with E-state index in [-0.39, 0.29) is 16.2 Å². The van der Waals surface area contributed by atoms with Gasteiger partial charge in [0.15, 0.2) is 0 Å². The molecule has 0 aliphatic rings. The summed E-state index contributed by atoms with van der Waals surface area (Å²) in [6, 6.07) is 4.86. The number of fused-ring (bicyclic) bond motifs is 1. The maximum atomic E-state index is 11.0. The van der Waals surface area contributed by atoms with Gasteiger partial charge in [0.1, 0.15) is 0 Å². The molecule has 0 radical (unpaired) electrons. The van der Waals surface area contributed by atoms with Crippen LogP contribution in [0.3, 0.4) is 0 Å². The van der Waals surface area contributed by atoms with Crippen LogP contribution >= 0.6 is 0 Å². The third-order valence-corrected chi connectivity index (χ3v) is 3.25. The lowest BCUT2D eigenvalue weighted by atomic mass is 10.1. The van der Waals surface area contributed by atoms with E-state index < -0.39 is 0 Å². The fraction of sp³-hybridized carbons (Fsp3) is 0.357. The minimum absolute atomic E-state index is 0.0824. The molecule has 0 saturated carbocycles. The van der Waals surface area contributed by atoms with Crippen LogP contribution in [0.15, 0.2) is 30.6 Å². The predicted molar refractivity (Wildman–Crippen MR) is 78.0 cm³/mol. The molecular formula is C14H17N3O3. The first kappa shape index (κ1) is 14.2. The van der Waals surface area contributed by atoms with Crippen LogP contribution < -0.4 is 5.32 Å². The van der Waals surface area contributed by atoms with E-state index in [2.05, 4.69) is 10.3 Å². The quantitative estimate of drug-likeness (QED) is 0.670. The molecule has 0 unspecified atom stereocenters. The Morgan fingerprint density at radius 2 is 2.10 bits per heavy atom. The zero-order chi connectivity index (χ0) is 14.8. The standard InChI is InChI=1S/C14H17N3O3/c1-14(2,20-3)9-16-12-4-5-13(17(18)19)10-6-7-15-8-11(10)12/h4-8,16H,9H2,1-3H3. The number of methoxy groups -OCH3 is 1.